The van der Waals surface area contributed by atoms with Crippen LogP contribution in [0.2, 0.25) is 0 Å². The third-order valence-electron chi connectivity index (χ3n) is 4.27. The Bertz CT molecular complexity index is 920. The maximum atomic E-state index is 12.5. The number of benzene rings is 2. The second kappa shape index (κ2) is 8.54. The van der Waals surface area contributed by atoms with Gasteiger partial charge in [-0.25, -0.2) is 13.1 Å². The Morgan fingerprint density at radius 3 is 2.26 bits per heavy atom. The highest BCUT2D eigenvalue weighted by molar-refractivity contribution is 7.89. The van der Waals surface area contributed by atoms with Crippen LogP contribution >= 0.6 is 0 Å². The molecule has 0 radical (unpaired) electrons. The minimum atomic E-state index is -3.81. The van der Waals surface area contributed by atoms with E-state index >= 15 is 0 Å². The van der Waals surface area contributed by atoms with Gasteiger partial charge in [-0.05, 0) is 60.7 Å². The van der Waals surface area contributed by atoms with E-state index in [9.17, 15) is 13.2 Å². The number of amides is 1. The van der Waals surface area contributed by atoms with Gasteiger partial charge < -0.3 is 10.1 Å². The lowest BCUT2D eigenvalue weighted by atomic mass is 10.0. The van der Waals surface area contributed by atoms with Crippen LogP contribution in [0, 0.1) is 13.8 Å². The fourth-order valence-electron chi connectivity index (χ4n) is 2.67. The molecule has 146 valence electrons. The summed E-state index contributed by atoms with van der Waals surface area (Å²) >= 11 is 0. The average Bonchev–Trinajstić information content (AvgIpc) is 2.62. The van der Waals surface area contributed by atoms with Gasteiger partial charge in [0.25, 0.3) is 0 Å². The van der Waals surface area contributed by atoms with Crippen molar-refractivity contribution in [3.05, 3.63) is 53.1 Å². The molecule has 2 rings (SSSR count). The Morgan fingerprint density at radius 1 is 1.07 bits per heavy atom. The highest BCUT2D eigenvalue weighted by atomic mass is 32.2. The Labute approximate surface area is 161 Å². The summed E-state index contributed by atoms with van der Waals surface area (Å²) in [4.78, 5) is 12.2. The quantitative estimate of drug-likeness (QED) is 0.759. The summed E-state index contributed by atoms with van der Waals surface area (Å²) in [6.45, 7) is 7.28. The number of aryl methyl sites for hydroxylation is 2. The highest BCUT2D eigenvalue weighted by Crippen LogP contribution is 2.25. The van der Waals surface area contributed by atoms with E-state index in [0.29, 0.717) is 28.5 Å². The van der Waals surface area contributed by atoms with Crippen LogP contribution in [0.25, 0.3) is 0 Å². The Hall–Kier alpha value is -2.38. The monoisotopic (exact) mass is 390 g/mol. The van der Waals surface area contributed by atoms with Crippen molar-refractivity contribution >= 4 is 21.6 Å². The van der Waals surface area contributed by atoms with Crippen molar-refractivity contribution in [2.24, 2.45) is 0 Å². The first-order valence-corrected chi connectivity index (χ1v) is 10.2. The Morgan fingerprint density at radius 2 is 1.70 bits per heavy atom. The molecule has 1 amide bonds. The number of sulfonamides is 1. The summed E-state index contributed by atoms with van der Waals surface area (Å²) in [5, 5.41) is 2.69. The van der Waals surface area contributed by atoms with Crippen LogP contribution in [0.15, 0.2) is 41.3 Å². The van der Waals surface area contributed by atoms with Crippen LogP contribution in [0.5, 0.6) is 5.75 Å². The number of methoxy groups -OCH3 is 1. The van der Waals surface area contributed by atoms with Gasteiger partial charge in [0.2, 0.25) is 15.9 Å². The van der Waals surface area contributed by atoms with Crippen LogP contribution in [-0.4, -0.2) is 28.0 Å². The number of rotatable bonds is 7. The minimum Gasteiger partial charge on any atom is -0.496 e. The summed E-state index contributed by atoms with van der Waals surface area (Å²) in [6.07, 6.45) is 0. The summed E-state index contributed by atoms with van der Waals surface area (Å²) in [5.74, 6) is 0.588. The van der Waals surface area contributed by atoms with Crippen molar-refractivity contribution in [2.45, 2.75) is 38.5 Å². The number of nitrogens with one attached hydrogen (secondary N) is 2. The van der Waals surface area contributed by atoms with Gasteiger partial charge in [-0.3, -0.25) is 4.79 Å². The molecular formula is C20H26N2O4S. The second-order valence-corrected chi connectivity index (χ2v) is 8.47. The number of ether oxygens (including phenoxy) is 1. The number of hydrogen-bond acceptors (Lipinski definition) is 4. The first kappa shape index (κ1) is 20.9. The van der Waals surface area contributed by atoms with E-state index in [0.717, 1.165) is 0 Å². The summed E-state index contributed by atoms with van der Waals surface area (Å²) in [7, 11) is -2.28. The van der Waals surface area contributed by atoms with E-state index in [2.05, 4.69) is 23.9 Å². The molecule has 0 aromatic heterocycles. The molecule has 7 heteroatoms. The van der Waals surface area contributed by atoms with Gasteiger partial charge in [-0.15, -0.1) is 0 Å². The number of hydrogen-bond donors (Lipinski definition) is 2. The second-order valence-electron chi connectivity index (χ2n) is 6.74. The summed E-state index contributed by atoms with van der Waals surface area (Å²) in [6, 6.07) is 10.7. The summed E-state index contributed by atoms with van der Waals surface area (Å²) in [5.41, 5.74) is 3.05. The molecule has 0 atom stereocenters. The van der Waals surface area contributed by atoms with Gasteiger partial charge in [0.05, 0.1) is 18.6 Å². The highest BCUT2D eigenvalue weighted by Gasteiger charge is 2.19. The average molecular weight is 391 g/mol. The first-order valence-electron chi connectivity index (χ1n) is 8.68. The lowest BCUT2D eigenvalue weighted by Crippen LogP contribution is -2.33. The lowest BCUT2D eigenvalue weighted by Gasteiger charge is -2.13. The van der Waals surface area contributed by atoms with Crippen molar-refractivity contribution in [3.8, 4) is 5.75 Å². The number of carbonyl (C=O) groups is 1. The van der Waals surface area contributed by atoms with Gasteiger partial charge in [0.1, 0.15) is 5.75 Å². The normalized spacial score (nSPS) is 11.5. The van der Waals surface area contributed by atoms with E-state index in [1.807, 2.05) is 12.1 Å². The standard InChI is InChI=1S/C20H26N2O4S/c1-13(2)16-6-8-17(9-7-16)22-20(23)12-21-27(24,25)19-11-14(3)18(26-5)10-15(19)4/h6-11,13,21H,12H2,1-5H3,(H,22,23). The van der Waals surface area contributed by atoms with Crippen LogP contribution < -0.4 is 14.8 Å². The van der Waals surface area contributed by atoms with E-state index in [1.165, 1.54) is 12.7 Å². The van der Waals surface area contributed by atoms with Crippen molar-refractivity contribution in [1.82, 2.24) is 4.72 Å². The molecule has 0 bridgehead atoms. The lowest BCUT2D eigenvalue weighted by molar-refractivity contribution is -0.115. The van der Waals surface area contributed by atoms with Crippen LogP contribution in [0.3, 0.4) is 0 Å². The zero-order valence-corrected chi connectivity index (χ0v) is 17.1. The maximum Gasteiger partial charge on any atom is 0.241 e. The molecule has 0 aliphatic heterocycles. The SMILES string of the molecule is COc1cc(C)c(S(=O)(=O)NCC(=O)Nc2ccc(C(C)C)cc2)cc1C. The van der Waals surface area contributed by atoms with Gasteiger partial charge in [-0.2, -0.15) is 0 Å². The predicted molar refractivity (Wildman–Crippen MR) is 107 cm³/mol. The van der Waals surface area contributed by atoms with Crippen LogP contribution in [0.4, 0.5) is 5.69 Å². The predicted octanol–water partition coefficient (Wildman–Crippen LogP) is 3.35. The van der Waals surface area contributed by atoms with Crippen LogP contribution in [-0.2, 0) is 14.8 Å². The minimum absolute atomic E-state index is 0.134. The van der Waals surface area contributed by atoms with Gasteiger partial charge in [-0.1, -0.05) is 26.0 Å². The van der Waals surface area contributed by atoms with Crippen molar-refractivity contribution < 1.29 is 17.9 Å². The van der Waals surface area contributed by atoms with E-state index in [4.69, 9.17) is 4.74 Å². The topological polar surface area (TPSA) is 84.5 Å². The zero-order chi connectivity index (χ0) is 20.2. The number of anilines is 1. The molecule has 0 heterocycles. The molecule has 0 aliphatic rings. The molecule has 27 heavy (non-hydrogen) atoms. The third kappa shape index (κ3) is 5.30. The summed E-state index contributed by atoms with van der Waals surface area (Å²) < 4.78 is 32.7. The zero-order valence-electron chi connectivity index (χ0n) is 16.3. The fourth-order valence-corrected chi connectivity index (χ4v) is 3.96. The first-order chi connectivity index (χ1) is 12.6. The molecule has 0 saturated carbocycles. The van der Waals surface area contributed by atoms with Crippen LogP contribution in [0.1, 0.15) is 36.5 Å². The largest absolute Gasteiger partial charge is 0.496 e. The van der Waals surface area contributed by atoms with E-state index in [-0.39, 0.29) is 11.4 Å². The molecule has 0 saturated heterocycles. The molecule has 0 spiro atoms. The molecule has 0 aliphatic carbocycles. The molecule has 2 aromatic rings. The smallest absolute Gasteiger partial charge is 0.241 e. The third-order valence-corrected chi connectivity index (χ3v) is 5.81. The van der Waals surface area contributed by atoms with Crippen molar-refractivity contribution in [2.75, 3.05) is 19.0 Å². The van der Waals surface area contributed by atoms with E-state index < -0.39 is 15.9 Å². The van der Waals surface area contributed by atoms with Crippen molar-refractivity contribution in [3.63, 3.8) is 0 Å². The number of carbonyl (C=O) groups excluding carboxylic acids is 1. The molecule has 6 nitrogen and oxygen atoms in total. The van der Waals surface area contributed by atoms with E-state index in [1.54, 1.807) is 38.1 Å². The van der Waals surface area contributed by atoms with Gasteiger partial charge in [0.15, 0.2) is 0 Å². The molecular weight excluding hydrogens is 364 g/mol. The maximum absolute atomic E-state index is 12.5. The molecule has 2 aromatic carbocycles. The Kier molecular flexibility index (Phi) is 6.62. The van der Waals surface area contributed by atoms with Gasteiger partial charge in [0, 0.05) is 5.69 Å². The molecule has 0 fully saturated rings. The van der Waals surface area contributed by atoms with Gasteiger partial charge >= 0.3 is 0 Å². The fraction of sp³-hybridized carbons (Fsp3) is 0.350. The van der Waals surface area contributed by atoms with Crippen molar-refractivity contribution in [1.29, 1.82) is 0 Å². The molecule has 0 unspecified atom stereocenters. The molecule has 2 N–H and O–H groups in total. The Balaban J connectivity index is 2.04.